The molecule has 0 saturated carbocycles. The van der Waals surface area contributed by atoms with Gasteiger partial charge in [-0.3, -0.25) is 9.59 Å². The van der Waals surface area contributed by atoms with Crippen LogP contribution in [-0.2, 0) is 6.42 Å². The Labute approximate surface area is 116 Å². The van der Waals surface area contributed by atoms with Crippen LogP contribution < -0.4 is 16.6 Å². The number of rotatable bonds is 4. The predicted octanol–water partition coefficient (Wildman–Crippen LogP) is 1.24. The van der Waals surface area contributed by atoms with Gasteiger partial charge in [0.2, 0.25) is 0 Å². The molecule has 0 atom stereocenters. The summed E-state index contributed by atoms with van der Waals surface area (Å²) in [5.41, 5.74) is 7.89. The quantitative estimate of drug-likeness (QED) is 0.731. The number of carbonyl (C=O) groups is 1. The van der Waals surface area contributed by atoms with E-state index in [4.69, 9.17) is 5.73 Å². The SMILES string of the molecule is Cc1ccc(C(=O)NCCc2ccc(N)cc2)c(=O)[nH]1. The Balaban J connectivity index is 1.92. The molecule has 0 saturated heterocycles. The average Bonchev–Trinajstić information content (AvgIpc) is 2.41. The van der Waals surface area contributed by atoms with E-state index in [1.165, 1.54) is 6.07 Å². The molecule has 5 heteroatoms. The second-order valence-electron chi connectivity index (χ2n) is 4.63. The first kappa shape index (κ1) is 13.9. The molecule has 1 aromatic heterocycles. The molecule has 1 heterocycles. The molecule has 0 spiro atoms. The molecular weight excluding hydrogens is 254 g/mol. The summed E-state index contributed by atoms with van der Waals surface area (Å²) in [6.07, 6.45) is 0.690. The van der Waals surface area contributed by atoms with Crippen LogP contribution >= 0.6 is 0 Å². The van der Waals surface area contributed by atoms with Crippen LogP contribution in [0.5, 0.6) is 0 Å². The van der Waals surface area contributed by atoms with Gasteiger partial charge in [0.25, 0.3) is 11.5 Å². The van der Waals surface area contributed by atoms with Crippen molar-refractivity contribution in [2.45, 2.75) is 13.3 Å². The van der Waals surface area contributed by atoms with Crippen molar-refractivity contribution < 1.29 is 4.79 Å². The molecule has 4 N–H and O–H groups in total. The smallest absolute Gasteiger partial charge is 0.260 e. The lowest BCUT2D eigenvalue weighted by atomic mass is 10.1. The van der Waals surface area contributed by atoms with Crippen LogP contribution in [0, 0.1) is 6.92 Å². The number of nitrogens with one attached hydrogen (secondary N) is 2. The van der Waals surface area contributed by atoms with Gasteiger partial charge in [0.05, 0.1) is 0 Å². The maximum atomic E-state index is 11.9. The van der Waals surface area contributed by atoms with Gasteiger partial charge in [-0.25, -0.2) is 0 Å². The van der Waals surface area contributed by atoms with Gasteiger partial charge in [-0.15, -0.1) is 0 Å². The Bertz CT molecular complexity index is 660. The zero-order valence-electron chi connectivity index (χ0n) is 11.3. The molecule has 0 aliphatic rings. The lowest BCUT2D eigenvalue weighted by Crippen LogP contribution is -2.31. The molecule has 104 valence electrons. The minimum absolute atomic E-state index is 0.132. The number of aromatic nitrogens is 1. The van der Waals surface area contributed by atoms with Crippen molar-refractivity contribution in [3.8, 4) is 0 Å². The summed E-state index contributed by atoms with van der Waals surface area (Å²) in [4.78, 5) is 26.1. The van der Waals surface area contributed by atoms with Gasteiger partial charge in [-0.2, -0.15) is 0 Å². The Morgan fingerprint density at radius 2 is 1.90 bits per heavy atom. The summed E-state index contributed by atoms with van der Waals surface area (Å²) in [7, 11) is 0. The number of pyridine rings is 1. The van der Waals surface area contributed by atoms with Crippen LogP contribution in [0.25, 0.3) is 0 Å². The molecule has 0 aliphatic carbocycles. The summed E-state index contributed by atoms with van der Waals surface area (Å²) >= 11 is 0. The highest BCUT2D eigenvalue weighted by molar-refractivity contribution is 5.93. The van der Waals surface area contributed by atoms with E-state index >= 15 is 0 Å². The third kappa shape index (κ3) is 3.47. The van der Waals surface area contributed by atoms with Crippen molar-refractivity contribution in [2.75, 3.05) is 12.3 Å². The van der Waals surface area contributed by atoms with Crippen LogP contribution in [0.4, 0.5) is 5.69 Å². The highest BCUT2D eigenvalue weighted by atomic mass is 16.2. The van der Waals surface area contributed by atoms with Gasteiger partial charge in [-0.05, 0) is 43.2 Å². The number of aromatic amines is 1. The fraction of sp³-hybridized carbons (Fsp3) is 0.200. The van der Waals surface area contributed by atoms with Crippen molar-refractivity contribution in [2.24, 2.45) is 0 Å². The topological polar surface area (TPSA) is 88.0 Å². The lowest BCUT2D eigenvalue weighted by Gasteiger charge is -2.05. The summed E-state index contributed by atoms with van der Waals surface area (Å²) < 4.78 is 0. The van der Waals surface area contributed by atoms with Crippen LogP contribution in [-0.4, -0.2) is 17.4 Å². The maximum Gasteiger partial charge on any atom is 0.260 e. The number of hydrogen-bond acceptors (Lipinski definition) is 3. The third-order valence-corrected chi connectivity index (χ3v) is 2.98. The molecule has 20 heavy (non-hydrogen) atoms. The van der Waals surface area contributed by atoms with Crippen LogP contribution in [0.15, 0.2) is 41.2 Å². The number of carbonyl (C=O) groups excluding carboxylic acids is 1. The molecule has 5 nitrogen and oxygen atoms in total. The zero-order chi connectivity index (χ0) is 14.5. The Morgan fingerprint density at radius 3 is 2.55 bits per heavy atom. The van der Waals surface area contributed by atoms with Crippen molar-refractivity contribution in [3.63, 3.8) is 0 Å². The van der Waals surface area contributed by atoms with Crippen LogP contribution in [0.3, 0.4) is 0 Å². The first-order valence-electron chi connectivity index (χ1n) is 6.39. The molecule has 0 bridgehead atoms. The number of nitrogen functional groups attached to an aromatic ring is 1. The predicted molar refractivity (Wildman–Crippen MR) is 78.7 cm³/mol. The van der Waals surface area contributed by atoms with Crippen molar-refractivity contribution >= 4 is 11.6 Å². The highest BCUT2D eigenvalue weighted by Gasteiger charge is 2.09. The molecule has 1 aromatic carbocycles. The van der Waals surface area contributed by atoms with Gasteiger partial charge < -0.3 is 16.0 Å². The van der Waals surface area contributed by atoms with E-state index < -0.39 is 0 Å². The Morgan fingerprint density at radius 1 is 1.20 bits per heavy atom. The lowest BCUT2D eigenvalue weighted by molar-refractivity contribution is 0.0952. The van der Waals surface area contributed by atoms with E-state index in [0.29, 0.717) is 18.7 Å². The maximum absolute atomic E-state index is 11.9. The minimum atomic E-state index is -0.366. The highest BCUT2D eigenvalue weighted by Crippen LogP contribution is 2.05. The largest absolute Gasteiger partial charge is 0.399 e. The van der Waals surface area contributed by atoms with Crippen molar-refractivity contribution in [3.05, 3.63) is 63.6 Å². The van der Waals surface area contributed by atoms with E-state index in [2.05, 4.69) is 10.3 Å². The van der Waals surface area contributed by atoms with Crippen LogP contribution in [0.2, 0.25) is 0 Å². The number of benzene rings is 1. The van der Waals surface area contributed by atoms with Crippen LogP contribution in [0.1, 0.15) is 21.6 Å². The Hall–Kier alpha value is -2.56. The summed E-state index contributed by atoms with van der Waals surface area (Å²) in [6, 6.07) is 10.7. The van der Waals surface area contributed by atoms with E-state index in [1.54, 1.807) is 13.0 Å². The molecule has 0 fully saturated rings. The number of anilines is 1. The van der Waals surface area contributed by atoms with Gasteiger partial charge >= 0.3 is 0 Å². The second kappa shape index (κ2) is 6.06. The number of hydrogen-bond donors (Lipinski definition) is 3. The van der Waals surface area contributed by atoms with Gasteiger partial charge in [0, 0.05) is 17.9 Å². The zero-order valence-corrected chi connectivity index (χ0v) is 11.3. The van der Waals surface area contributed by atoms with Crippen molar-refractivity contribution in [1.82, 2.24) is 10.3 Å². The third-order valence-electron chi connectivity index (χ3n) is 2.98. The standard InChI is InChI=1S/C15H17N3O2/c1-10-2-7-13(15(20)18-10)14(19)17-9-8-11-3-5-12(16)6-4-11/h2-7H,8-9,16H2,1H3,(H,17,19)(H,18,20). The monoisotopic (exact) mass is 271 g/mol. The molecule has 0 aliphatic heterocycles. The van der Waals surface area contributed by atoms with E-state index in [-0.39, 0.29) is 17.0 Å². The summed E-state index contributed by atoms with van der Waals surface area (Å²) in [6.45, 7) is 2.24. The first-order chi connectivity index (χ1) is 9.56. The molecular formula is C15H17N3O2. The number of amides is 1. The van der Waals surface area contributed by atoms with E-state index in [0.717, 1.165) is 11.3 Å². The van der Waals surface area contributed by atoms with Gasteiger partial charge in [0.1, 0.15) is 5.56 Å². The minimum Gasteiger partial charge on any atom is -0.399 e. The number of nitrogens with two attached hydrogens (primary N) is 1. The summed E-state index contributed by atoms with van der Waals surface area (Å²) in [5, 5.41) is 2.73. The fourth-order valence-electron chi connectivity index (χ4n) is 1.85. The van der Waals surface area contributed by atoms with Crippen molar-refractivity contribution in [1.29, 1.82) is 0 Å². The van der Waals surface area contributed by atoms with E-state index in [1.807, 2.05) is 24.3 Å². The Kier molecular flexibility index (Phi) is 4.20. The summed E-state index contributed by atoms with van der Waals surface area (Å²) in [5.74, 6) is -0.360. The fourth-order valence-corrected chi connectivity index (χ4v) is 1.85. The molecule has 2 rings (SSSR count). The normalized spacial score (nSPS) is 10.2. The second-order valence-corrected chi connectivity index (χ2v) is 4.63. The first-order valence-corrected chi connectivity index (χ1v) is 6.39. The molecule has 0 unspecified atom stereocenters. The van der Waals surface area contributed by atoms with Gasteiger partial charge in [0.15, 0.2) is 0 Å². The molecule has 1 amide bonds. The average molecular weight is 271 g/mol. The number of H-pyrrole nitrogens is 1. The molecule has 2 aromatic rings. The molecule has 0 radical (unpaired) electrons. The van der Waals surface area contributed by atoms with E-state index in [9.17, 15) is 9.59 Å². The van der Waals surface area contributed by atoms with Gasteiger partial charge in [-0.1, -0.05) is 12.1 Å². The number of aryl methyl sites for hydroxylation is 1.